The molecule has 13 heteroatoms. The number of nitrogens with zero attached hydrogens (tertiary/aromatic N) is 3. The Morgan fingerprint density at radius 2 is 1.88 bits per heavy atom. The van der Waals surface area contributed by atoms with Crippen molar-refractivity contribution in [1.29, 1.82) is 0 Å². The number of carbonyl (C=O) groups is 1. The lowest BCUT2D eigenvalue weighted by atomic mass is 9.55. The molecule has 3 aliphatic heterocycles. The Morgan fingerprint density at radius 1 is 1.08 bits per heavy atom. The van der Waals surface area contributed by atoms with E-state index in [1.807, 2.05) is 12.1 Å². The van der Waals surface area contributed by atoms with E-state index in [4.69, 9.17) is 33.7 Å². The van der Waals surface area contributed by atoms with Gasteiger partial charge in [-0.15, -0.1) is 6.58 Å². The highest BCUT2D eigenvalue weighted by Gasteiger charge is 2.65. The van der Waals surface area contributed by atoms with Crippen LogP contribution in [-0.2, 0) is 25.6 Å². The Hall–Kier alpha value is -4.01. The van der Waals surface area contributed by atoms with Crippen LogP contribution in [0.2, 0.25) is 0 Å². The first kappa shape index (κ1) is 43.1. The van der Waals surface area contributed by atoms with Crippen LogP contribution >= 0.6 is 0 Å². The van der Waals surface area contributed by atoms with Crippen LogP contribution in [0.3, 0.4) is 0 Å². The van der Waals surface area contributed by atoms with E-state index in [0.717, 1.165) is 75.0 Å². The molecule has 0 aromatic heterocycles. The number of ether oxygens (including phenoxy) is 5. The number of hydrogen-bond acceptors (Lipinski definition) is 11. The Morgan fingerprint density at radius 3 is 2.59 bits per heavy atom. The van der Waals surface area contributed by atoms with Gasteiger partial charge in [-0.05, 0) is 98.8 Å². The van der Waals surface area contributed by atoms with E-state index < -0.39 is 30.1 Å². The second kappa shape index (κ2) is 20.5. The molecule has 5 aliphatic rings. The lowest BCUT2D eigenvalue weighted by Gasteiger charge is -2.59. The van der Waals surface area contributed by atoms with Crippen molar-refractivity contribution in [2.75, 3.05) is 59.3 Å². The van der Waals surface area contributed by atoms with Crippen LogP contribution in [0.25, 0.3) is 0 Å². The van der Waals surface area contributed by atoms with E-state index in [0.29, 0.717) is 49.5 Å². The van der Waals surface area contributed by atoms with Crippen molar-refractivity contribution in [3.63, 3.8) is 0 Å². The van der Waals surface area contributed by atoms with Gasteiger partial charge in [0.05, 0.1) is 31.5 Å². The zero-order valence-corrected chi connectivity index (χ0v) is 34.5. The highest BCUT2D eigenvalue weighted by molar-refractivity contribution is 6.03. The van der Waals surface area contributed by atoms with Crippen molar-refractivity contribution in [1.82, 2.24) is 9.80 Å². The molecule has 3 heterocycles. The number of carbonyl (C=O) groups excluding carboxylic acids is 1. The summed E-state index contributed by atoms with van der Waals surface area (Å²) in [5.74, 6) is -0.999. The van der Waals surface area contributed by atoms with Gasteiger partial charge in [-0.3, -0.25) is 9.80 Å². The molecule has 7 atom stereocenters. The van der Waals surface area contributed by atoms with Gasteiger partial charge in [0, 0.05) is 63.7 Å². The second-order valence-corrected chi connectivity index (χ2v) is 16.3. The summed E-state index contributed by atoms with van der Waals surface area (Å²) >= 11 is 0. The van der Waals surface area contributed by atoms with Gasteiger partial charge in [-0.2, -0.15) is 0 Å². The molecule has 0 radical (unpaired) electrons. The molecular weight excluding hydrogens is 758 g/mol. The molecule has 7 unspecified atom stereocenters. The van der Waals surface area contributed by atoms with Gasteiger partial charge < -0.3 is 38.7 Å². The lowest BCUT2D eigenvalue weighted by Crippen LogP contribution is -2.70. The molecule has 2 N–H and O–H groups in total. The fourth-order valence-corrected chi connectivity index (χ4v) is 9.54. The highest BCUT2D eigenvalue weighted by atomic mass is 19.1. The summed E-state index contributed by atoms with van der Waals surface area (Å²) in [4.78, 5) is 24.6. The molecule has 7 rings (SSSR count). The Labute approximate surface area is 347 Å². The third-order valence-corrected chi connectivity index (χ3v) is 12.4. The third kappa shape index (κ3) is 10.1. The average Bonchev–Trinajstić information content (AvgIpc) is 4.08. The fraction of sp³-hybridized carbons (Fsp3) is 0.609. The first-order valence-electron chi connectivity index (χ1n) is 21.8. The number of unbranched alkanes of at least 4 members (excludes halogenated alkanes) is 2. The number of oxime groups is 1. The van der Waals surface area contributed by atoms with Gasteiger partial charge in [0.15, 0.2) is 0 Å². The van der Waals surface area contributed by atoms with E-state index >= 15 is 0 Å². The first-order chi connectivity index (χ1) is 28.9. The van der Waals surface area contributed by atoms with Crippen molar-refractivity contribution >= 4 is 11.8 Å². The minimum absolute atomic E-state index is 0.0620. The predicted molar refractivity (Wildman–Crippen MR) is 221 cm³/mol. The monoisotopic (exact) mass is 819 g/mol. The van der Waals surface area contributed by atoms with Gasteiger partial charge in [-0.25, -0.2) is 9.18 Å². The van der Waals surface area contributed by atoms with Crippen LogP contribution in [0.4, 0.5) is 9.18 Å². The highest BCUT2D eigenvalue weighted by Crippen LogP contribution is 2.62. The smallest absolute Gasteiger partial charge is 0.410 e. The van der Waals surface area contributed by atoms with Gasteiger partial charge in [0.2, 0.25) is 12.1 Å². The van der Waals surface area contributed by atoms with Crippen LogP contribution in [0.1, 0.15) is 88.2 Å². The summed E-state index contributed by atoms with van der Waals surface area (Å²) in [5, 5.41) is 24.7. The van der Waals surface area contributed by atoms with Crippen LogP contribution in [0.15, 0.2) is 71.9 Å². The van der Waals surface area contributed by atoms with Gasteiger partial charge in [0.1, 0.15) is 30.0 Å². The lowest BCUT2D eigenvalue weighted by molar-refractivity contribution is -0.256. The SMILES string of the molecule is C=CCOC12Oc3ccc(OCCN4CC4)cc3C3C(CCCCO)C(CCCCO)C=C(C(=NOC4CCCCO4)CC1N(Cc1ccc(F)cc1)C(=O)OCC)C32. The summed E-state index contributed by atoms with van der Waals surface area (Å²) in [6.45, 7) is 10.5. The molecule has 0 bridgehead atoms. The van der Waals surface area contributed by atoms with E-state index in [2.05, 4.69) is 23.6 Å². The number of halogens is 1. The molecule has 2 saturated heterocycles. The number of hydrogen-bond donors (Lipinski definition) is 2. The van der Waals surface area contributed by atoms with Gasteiger partial charge >= 0.3 is 6.09 Å². The zero-order valence-electron chi connectivity index (χ0n) is 34.5. The molecular formula is C46H62FN3O9. The number of aliphatic hydroxyl groups excluding tert-OH is 2. The largest absolute Gasteiger partial charge is 0.492 e. The Balaban J connectivity index is 1.42. The van der Waals surface area contributed by atoms with E-state index in [9.17, 15) is 19.4 Å². The molecule has 0 spiro atoms. The quantitative estimate of drug-likeness (QED) is 0.0571. The number of aliphatic hydroxyl groups is 2. The summed E-state index contributed by atoms with van der Waals surface area (Å²) in [5.41, 5.74) is 3.30. The van der Waals surface area contributed by atoms with Crippen molar-refractivity contribution in [2.45, 2.75) is 102 Å². The van der Waals surface area contributed by atoms with Crippen LogP contribution in [0, 0.1) is 23.6 Å². The number of amides is 1. The molecule has 2 aliphatic carbocycles. The fourth-order valence-electron chi connectivity index (χ4n) is 9.54. The zero-order chi connectivity index (χ0) is 41.2. The Kier molecular flexibility index (Phi) is 15.0. The maximum Gasteiger partial charge on any atom is 0.410 e. The minimum atomic E-state index is -1.46. The Bertz CT molecular complexity index is 1760. The number of rotatable bonds is 21. The van der Waals surface area contributed by atoms with Gasteiger partial charge in [0.25, 0.3) is 0 Å². The van der Waals surface area contributed by atoms with Crippen molar-refractivity contribution in [3.05, 3.63) is 83.7 Å². The molecule has 1 saturated carbocycles. The van der Waals surface area contributed by atoms with Crippen LogP contribution < -0.4 is 9.47 Å². The maximum atomic E-state index is 14.4. The van der Waals surface area contributed by atoms with Crippen LogP contribution in [0.5, 0.6) is 11.5 Å². The average molecular weight is 820 g/mol. The minimum Gasteiger partial charge on any atom is -0.492 e. The molecule has 59 heavy (non-hydrogen) atoms. The topological polar surface area (TPSA) is 132 Å². The van der Waals surface area contributed by atoms with Crippen LogP contribution in [-0.4, -0.2) is 109 Å². The van der Waals surface area contributed by atoms with E-state index in [1.54, 1.807) is 30.0 Å². The summed E-state index contributed by atoms with van der Waals surface area (Å²) in [6, 6.07) is 11.3. The third-order valence-electron chi connectivity index (χ3n) is 12.4. The number of benzene rings is 2. The molecule has 2 aromatic rings. The van der Waals surface area contributed by atoms with E-state index in [1.165, 1.54) is 12.1 Å². The summed E-state index contributed by atoms with van der Waals surface area (Å²) in [6.07, 6.45) is 10.4. The number of allylic oxidation sites excluding steroid dienone is 1. The molecule has 1 amide bonds. The van der Waals surface area contributed by atoms with Gasteiger partial charge in [-0.1, -0.05) is 42.3 Å². The first-order valence-corrected chi connectivity index (χ1v) is 21.8. The maximum absolute atomic E-state index is 14.4. The second-order valence-electron chi connectivity index (χ2n) is 16.3. The predicted octanol–water partition coefficient (Wildman–Crippen LogP) is 7.34. The molecule has 2 aromatic carbocycles. The summed E-state index contributed by atoms with van der Waals surface area (Å²) in [7, 11) is 0. The molecule has 12 nitrogen and oxygen atoms in total. The standard InChI is InChI=1S/C46H62FN3O9/c1-3-25-57-46-41(50(45(53)54-4-2)31-32-14-16-34(47)17-15-32)30-39(48-59-42-13-7-10-26-56-42)37-28-33(11-5-8-23-51)36(12-6-9-24-52)43(44(37)46)38-29-35(18-19-40(38)58-46)55-27-22-49-20-21-49/h3,14-19,28-29,33,36,41-44,51-52H,1,4-13,20-27,30-31H2,2H3. The normalized spacial score (nSPS) is 27.8. The number of fused-ring (bicyclic) bond motifs is 2. The van der Waals surface area contributed by atoms with Crippen molar-refractivity contribution in [3.8, 4) is 11.5 Å². The van der Waals surface area contributed by atoms with Crippen molar-refractivity contribution in [2.24, 2.45) is 22.9 Å². The molecule has 322 valence electrons. The van der Waals surface area contributed by atoms with Crippen molar-refractivity contribution < 1.29 is 47.9 Å². The summed E-state index contributed by atoms with van der Waals surface area (Å²) < 4.78 is 46.7. The van der Waals surface area contributed by atoms with E-state index in [-0.39, 0.29) is 63.0 Å². The molecule has 3 fully saturated rings.